The molecule has 0 radical (unpaired) electrons. The molecule has 0 spiro atoms. The van der Waals surface area contributed by atoms with Gasteiger partial charge in [-0.3, -0.25) is 4.79 Å². The molecule has 0 aliphatic carbocycles. The first-order valence-corrected chi connectivity index (χ1v) is 10.2. The highest BCUT2D eigenvalue weighted by Gasteiger charge is 2.09. The second-order valence-electron chi connectivity index (χ2n) is 6.30. The summed E-state index contributed by atoms with van der Waals surface area (Å²) >= 11 is 1.67. The van der Waals surface area contributed by atoms with Gasteiger partial charge >= 0.3 is 0 Å². The number of aromatic nitrogens is 1. The fraction of sp³-hybridized carbons (Fsp3) is 0.273. The molecule has 1 N–H and O–H groups in total. The van der Waals surface area contributed by atoms with E-state index in [1.165, 1.54) is 5.56 Å². The minimum absolute atomic E-state index is 0.0316. The molecule has 0 atom stereocenters. The van der Waals surface area contributed by atoms with Gasteiger partial charge in [0.1, 0.15) is 0 Å². The lowest BCUT2D eigenvalue weighted by molar-refractivity contribution is -0.116. The zero-order chi connectivity index (χ0) is 19.1. The molecule has 0 bridgehead atoms. The minimum Gasteiger partial charge on any atom is -0.349 e. The number of anilines is 2. The quantitative estimate of drug-likeness (QED) is 0.583. The number of hydrogen-bond donors (Lipinski definition) is 1. The van der Waals surface area contributed by atoms with E-state index in [9.17, 15) is 4.79 Å². The highest BCUT2D eigenvalue weighted by Crippen LogP contribution is 2.28. The topological polar surface area (TPSA) is 45.2 Å². The third-order valence-corrected chi connectivity index (χ3v) is 5.38. The first-order valence-electron chi connectivity index (χ1n) is 9.34. The van der Waals surface area contributed by atoms with Gasteiger partial charge in [0.2, 0.25) is 5.91 Å². The van der Waals surface area contributed by atoms with Crippen molar-refractivity contribution in [2.24, 2.45) is 0 Å². The number of amides is 1. The van der Waals surface area contributed by atoms with Gasteiger partial charge in [-0.25, -0.2) is 4.98 Å². The highest BCUT2D eigenvalue weighted by atomic mass is 32.1. The second-order valence-corrected chi connectivity index (χ2v) is 7.14. The third kappa shape index (κ3) is 5.17. The Bertz CT molecular complexity index is 855. The van der Waals surface area contributed by atoms with E-state index in [0.717, 1.165) is 41.6 Å². The summed E-state index contributed by atoms with van der Waals surface area (Å²) in [4.78, 5) is 19.1. The third-order valence-electron chi connectivity index (χ3n) is 4.47. The number of hydrogen-bond acceptors (Lipinski definition) is 4. The van der Waals surface area contributed by atoms with Crippen molar-refractivity contribution in [1.82, 2.24) is 4.98 Å². The average Bonchev–Trinajstić information content (AvgIpc) is 3.19. The molecule has 1 amide bonds. The summed E-state index contributed by atoms with van der Waals surface area (Å²) in [5.74, 6) is 0.0316. The normalized spacial score (nSPS) is 10.6. The Morgan fingerprint density at radius 1 is 1.04 bits per heavy atom. The average molecular weight is 380 g/mol. The Labute approximate surface area is 164 Å². The van der Waals surface area contributed by atoms with E-state index in [1.54, 1.807) is 11.3 Å². The van der Waals surface area contributed by atoms with Crippen LogP contribution in [0.15, 0.2) is 60.0 Å². The van der Waals surface area contributed by atoms with E-state index in [4.69, 9.17) is 4.98 Å². The van der Waals surface area contributed by atoms with Crippen LogP contribution in [0.5, 0.6) is 0 Å². The van der Waals surface area contributed by atoms with Crippen molar-refractivity contribution in [3.8, 4) is 11.3 Å². The van der Waals surface area contributed by atoms with Crippen molar-refractivity contribution in [3.05, 3.63) is 65.5 Å². The molecular weight excluding hydrogens is 354 g/mol. The van der Waals surface area contributed by atoms with Crippen LogP contribution in [-0.2, 0) is 11.2 Å². The van der Waals surface area contributed by atoms with E-state index < -0.39 is 0 Å². The number of thiazole rings is 1. The van der Waals surface area contributed by atoms with Crippen LogP contribution in [0.25, 0.3) is 11.3 Å². The Morgan fingerprint density at radius 2 is 1.74 bits per heavy atom. The van der Waals surface area contributed by atoms with Crippen molar-refractivity contribution in [3.63, 3.8) is 0 Å². The van der Waals surface area contributed by atoms with Gasteiger partial charge < -0.3 is 10.2 Å². The molecule has 1 heterocycles. The number of carbonyl (C=O) groups excluding carboxylic acids is 1. The van der Waals surface area contributed by atoms with E-state index >= 15 is 0 Å². The van der Waals surface area contributed by atoms with Crippen LogP contribution in [0, 0.1) is 0 Å². The lowest BCUT2D eigenvalue weighted by Crippen LogP contribution is -2.21. The first-order chi connectivity index (χ1) is 13.2. The predicted molar refractivity (Wildman–Crippen MR) is 115 cm³/mol. The first kappa shape index (κ1) is 19.1. The molecule has 0 aliphatic rings. The van der Waals surface area contributed by atoms with Crippen molar-refractivity contribution in [2.75, 3.05) is 23.3 Å². The summed E-state index contributed by atoms with van der Waals surface area (Å²) in [5.41, 5.74) is 4.03. The van der Waals surface area contributed by atoms with Gasteiger partial charge in [0.15, 0.2) is 5.13 Å². The molecule has 27 heavy (non-hydrogen) atoms. The Kier molecular flexibility index (Phi) is 6.60. The molecule has 3 aromatic rings. The summed E-state index contributed by atoms with van der Waals surface area (Å²) in [6.07, 6.45) is 1.22. The maximum absolute atomic E-state index is 12.2. The van der Waals surface area contributed by atoms with Crippen LogP contribution < -0.4 is 10.2 Å². The molecular formula is C22H25N3OS. The predicted octanol–water partition coefficient (Wildman–Crippen LogP) is 5.23. The van der Waals surface area contributed by atoms with Gasteiger partial charge in [0.05, 0.1) is 5.69 Å². The Morgan fingerprint density at radius 3 is 2.41 bits per heavy atom. The molecule has 0 aliphatic heterocycles. The minimum atomic E-state index is 0.0316. The summed E-state index contributed by atoms with van der Waals surface area (Å²) in [6, 6.07) is 18.0. The number of nitrogens with one attached hydrogen (secondary N) is 1. The highest BCUT2D eigenvalue weighted by molar-refractivity contribution is 7.14. The number of benzene rings is 2. The van der Waals surface area contributed by atoms with Gasteiger partial charge in [-0.05, 0) is 38.0 Å². The maximum Gasteiger partial charge on any atom is 0.224 e. The molecule has 140 valence electrons. The zero-order valence-electron chi connectivity index (χ0n) is 15.8. The lowest BCUT2D eigenvalue weighted by Gasteiger charge is -2.16. The smallest absolute Gasteiger partial charge is 0.224 e. The summed E-state index contributed by atoms with van der Waals surface area (Å²) in [6.45, 7) is 6.19. The number of carbonyl (C=O) groups is 1. The zero-order valence-corrected chi connectivity index (χ0v) is 16.6. The second kappa shape index (κ2) is 9.33. The van der Waals surface area contributed by atoms with Crippen LogP contribution in [0.4, 0.5) is 10.8 Å². The van der Waals surface area contributed by atoms with Crippen molar-refractivity contribution in [1.29, 1.82) is 0 Å². The fourth-order valence-electron chi connectivity index (χ4n) is 2.89. The Hall–Kier alpha value is -2.66. The molecule has 0 fully saturated rings. The molecule has 5 heteroatoms. The van der Waals surface area contributed by atoms with E-state index in [0.29, 0.717) is 6.42 Å². The molecule has 0 saturated carbocycles. The van der Waals surface area contributed by atoms with Crippen molar-refractivity contribution < 1.29 is 4.79 Å². The molecule has 2 aromatic carbocycles. The maximum atomic E-state index is 12.2. The number of rotatable bonds is 8. The molecule has 4 nitrogen and oxygen atoms in total. The standard InChI is InChI=1S/C22H25N3OS/c1-3-25(4-2)22-24-20(16-27-22)18-11-13-19(14-12-18)23-21(26)15-10-17-8-6-5-7-9-17/h5-9,11-14,16H,3-4,10,15H2,1-2H3,(H,23,26). The number of nitrogens with zero attached hydrogens (tertiary/aromatic N) is 2. The lowest BCUT2D eigenvalue weighted by atomic mass is 10.1. The fourth-order valence-corrected chi connectivity index (χ4v) is 3.85. The van der Waals surface area contributed by atoms with Crippen molar-refractivity contribution >= 4 is 28.1 Å². The molecule has 1 aromatic heterocycles. The molecule has 0 unspecified atom stereocenters. The molecule has 0 saturated heterocycles. The summed E-state index contributed by atoms with van der Waals surface area (Å²) in [5, 5.41) is 6.10. The number of aryl methyl sites for hydroxylation is 1. The van der Waals surface area contributed by atoms with Gasteiger partial charge in [-0.2, -0.15) is 0 Å². The van der Waals surface area contributed by atoms with Crippen molar-refractivity contribution in [2.45, 2.75) is 26.7 Å². The van der Waals surface area contributed by atoms with Crippen LogP contribution >= 0.6 is 11.3 Å². The van der Waals surface area contributed by atoms with Gasteiger partial charge in [0, 0.05) is 36.1 Å². The van der Waals surface area contributed by atoms with Gasteiger partial charge in [0.25, 0.3) is 0 Å². The van der Waals surface area contributed by atoms with Crippen LogP contribution in [0.3, 0.4) is 0 Å². The van der Waals surface area contributed by atoms with Crippen LogP contribution in [0.1, 0.15) is 25.8 Å². The SMILES string of the molecule is CCN(CC)c1nc(-c2ccc(NC(=O)CCc3ccccc3)cc2)cs1. The Balaban J connectivity index is 1.58. The van der Waals surface area contributed by atoms with E-state index in [1.807, 2.05) is 54.6 Å². The summed E-state index contributed by atoms with van der Waals surface area (Å²) < 4.78 is 0. The van der Waals surface area contributed by atoms with Gasteiger partial charge in [-0.15, -0.1) is 11.3 Å². The largest absolute Gasteiger partial charge is 0.349 e. The van der Waals surface area contributed by atoms with Gasteiger partial charge in [-0.1, -0.05) is 42.5 Å². The van der Waals surface area contributed by atoms with Crippen LogP contribution in [-0.4, -0.2) is 24.0 Å². The summed E-state index contributed by atoms with van der Waals surface area (Å²) in [7, 11) is 0. The van der Waals surface area contributed by atoms with Crippen LogP contribution in [0.2, 0.25) is 0 Å². The van der Waals surface area contributed by atoms with E-state index in [-0.39, 0.29) is 5.91 Å². The molecule has 3 rings (SSSR count). The van der Waals surface area contributed by atoms with E-state index in [2.05, 4.69) is 29.4 Å². The monoisotopic (exact) mass is 379 g/mol.